The first-order valence-electron chi connectivity index (χ1n) is 7.52. The Morgan fingerprint density at radius 2 is 2.24 bits per heavy atom. The molecule has 1 saturated carbocycles. The lowest BCUT2D eigenvalue weighted by atomic mass is 9.85. The standard InChI is InChI=1S/C14H24N4O2S/c1-4-18(8-13(19)20)11-6-10(7-11)15-14-16-12(17-21-14)5-9(2)3/h9-11H,4-8H2,1-3H3,(H,19,20)(H,15,16,17). The van der Waals surface area contributed by atoms with Gasteiger partial charge >= 0.3 is 5.97 Å². The molecular formula is C14H24N4O2S. The van der Waals surface area contributed by atoms with Crippen molar-refractivity contribution in [2.24, 2.45) is 5.92 Å². The number of nitrogens with zero attached hydrogens (tertiary/aromatic N) is 3. The summed E-state index contributed by atoms with van der Waals surface area (Å²) in [6.07, 6.45) is 2.86. The lowest BCUT2D eigenvalue weighted by molar-refractivity contribution is -0.139. The monoisotopic (exact) mass is 312 g/mol. The van der Waals surface area contributed by atoms with Crippen LogP contribution in [0.15, 0.2) is 0 Å². The number of anilines is 1. The smallest absolute Gasteiger partial charge is 0.317 e. The highest BCUT2D eigenvalue weighted by Gasteiger charge is 2.34. The van der Waals surface area contributed by atoms with Gasteiger partial charge in [-0.2, -0.15) is 4.37 Å². The molecule has 1 heterocycles. The van der Waals surface area contributed by atoms with Crippen molar-refractivity contribution in [3.8, 4) is 0 Å². The summed E-state index contributed by atoms with van der Waals surface area (Å²) in [5.41, 5.74) is 0. The van der Waals surface area contributed by atoms with Gasteiger partial charge in [0.2, 0.25) is 5.13 Å². The van der Waals surface area contributed by atoms with Crippen molar-refractivity contribution in [2.45, 2.75) is 52.1 Å². The maximum atomic E-state index is 10.8. The van der Waals surface area contributed by atoms with Crippen LogP contribution in [0.1, 0.15) is 39.4 Å². The van der Waals surface area contributed by atoms with Crippen molar-refractivity contribution < 1.29 is 9.90 Å². The molecule has 0 bridgehead atoms. The van der Waals surface area contributed by atoms with Crippen LogP contribution in [0.2, 0.25) is 0 Å². The van der Waals surface area contributed by atoms with Crippen molar-refractivity contribution in [1.82, 2.24) is 14.3 Å². The number of hydrogen-bond donors (Lipinski definition) is 2. The second kappa shape index (κ2) is 7.17. The minimum absolute atomic E-state index is 0.130. The first kappa shape index (κ1) is 16.2. The largest absolute Gasteiger partial charge is 0.480 e. The Morgan fingerprint density at radius 3 is 2.81 bits per heavy atom. The fourth-order valence-electron chi connectivity index (χ4n) is 2.61. The summed E-state index contributed by atoms with van der Waals surface area (Å²) in [5, 5.41) is 13.2. The van der Waals surface area contributed by atoms with Crippen molar-refractivity contribution in [3.63, 3.8) is 0 Å². The summed E-state index contributed by atoms with van der Waals surface area (Å²) >= 11 is 1.42. The molecule has 2 N–H and O–H groups in total. The van der Waals surface area contributed by atoms with Crippen LogP contribution in [0.25, 0.3) is 0 Å². The van der Waals surface area contributed by atoms with E-state index in [-0.39, 0.29) is 6.54 Å². The van der Waals surface area contributed by atoms with E-state index in [4.69, 9.17) is 5.11 Å². The molecule has 1 aromatic rings. The van der Waals surface area contributed by atoms with E-state index >= 15 is 0 Å². The summed E-state index contributed by atoms with van der Waals surface area (Å²) in [7, 11) is 0. The average molecular weight is 312 g/mol. The highest BCUT2D eigenvalue weighted by Crippen LogP contribution is 2.29. The Morgan fingerprint density at radius 1 is 1.52 bits per heavy atom. The molecule has 0 radical (unpaired) electrons. The fourth-order valence-corrected chi connectivity index (χ4v) is 3.28. The quantitative estimate of drug-likeness (QED) is 0.765. The lowest BCUT2D eigenvalue weighted by Crippen LogP contribution is -2.51. The first-order chi connectivity index (χ1) is 9.97. The van der Waals surface area contributed by atoms with Gasteiger partial charge in [0, 0.05) is 30.0 Å². The Labute approximate surface area is 129 Å². The Bertz CT molecular complexity index is 471. The third kappa shape index (κ3) is 4.64. The summed E-state index contributed by atoms with van der Waals surface area (Å²) in [6, 6.07) is 0.754. The summed E-state index contributed by atoms with van der Waals surface area (Å²) < 4.78 is 4.36. The van der Waals surface area contributed by atoms with Crippen molar-refractivity contribution in [2.75, 3.05) is 18.4 Å². The number of nitrogens with one attached hydrogen (secondary N) is 1. The van der Waals surface area contributed by atoms with E-state index in [1.807, 2.05) is 11.8 Å². The van der Waals surface area contributed by atoms with E-state index in [0.29, 0.717) is 18.0 Å². The van der Waals surface area contributed by atoms with Crippen LogP contribution in [-0.4, -0.2) is 50.5 Å². The number of carboxylic acids is 1. The SMILES string of the molecule is CCN(CC(=O)O)C1CC(Nc2nc(CC(C)C)ns2)C1. The number of likely N-dealkylation sites (N-methyl/N-ethyl adjacent to an activating group) is 1. The second-order valence-electron chi connectivity index (χ2n) is 6.04. The van der Waals surface area contributed by atoms with Crippen LogP contribution in [-0.2, 0) is 11.2 Å². The molecule has 1 fully saturated rings. The molecule has 6 nitrogen and oxygen atoms in total. The highest BCUT2D eigenvalue weighted by atomic mass is 32.1. The predicted molar refractivity (Wildman–Crippen MR) is 83.8 cm³/mol. The van der Waals surface area contributed by atoms with E-state index in [9.17, 15) is 4.79 Å². The van der Waals surface area contributed by atoms with Gasteiger partial charge in [-0.3, -0.25) is 9.69 Å². The molecule has 0 saturated heterocycles. The summed E-state index contributed by atoms with van der Waals surface area (Å²) in [4.78, 5) is 17.3. The van der Waals surface area contributed by atoms with Crippen LogP contribution in [0.3, 0.4) is 0 Å². The van der Waals surface area contributed by atoms with Gasteiger partial charge in [0.1, 0.15) is 5.82 Å². The molecule has 0 aromatic carbocycles. The zero-order valence-corrected chi connectivity index (χ0v) is 13.7. The first-order valence-corrected chi connectivity index (χ1v) is 8.30. The molecule has 1 aromatic heterocycles. The fraction of sp³-hybridized carbons (Fsp3) is 0.786. The summed E-state index contributed by atoms with van der Waals surface area (Å²) in [5.74, 6) is 0.722. The Balaban J connectivity index is 1.77. The topological polar surface area (TPSA) is 78.4 Å². The molecule has 0 spiro atoms. The second-order valence-corrected chi connectivity index (χ2v) is 6.79. The number of hydrogen-bond acceptors (Lipinski definition) is 6. The number of carbonyl (C=O) groups is 1. The lowest BCUT2D eigenvalue weighted by Gasteiger charge is -2.42. The number of rotatable bonds is 8. The molecule has 0 unspecified atom stereocenters. The third-order valence-electron chi connectivity index (χ3n) is 3.76. The van der Waals surface area contributed by atoms with Crippen LogP contribution in [0.4, 0.5) is 5.13 Å². The minimum Gasteiger partial charge on any atom is -0.480 e. The molecule has 21 heavy (non-hydrogen) atoms. The number of aliphatic carboxylic acids is 1. The molecular weight excluding hydrogens is 288 g/mol. The molecule has 0 aliphatic heterocycles. The van der Waals surface area contributed by atoms with Crippen LogP contribution in [0, 0.1) is 5.92 Å². The van der Waals surface area contributed by atoms with Crippen molar-refractivity contribution >= 4 is 22.6 Å². The highest BCUT2D eigenvalue weighted by molar-refractivity contribution is 7.09. The average Bonchev–Trinajstić information content (AvgIpc) is 2.77. The van der Waals surface area contributed by atoms with Gasteiger partial charge in [-0.05, 0) is 25.3 Å². The van der Waals surface area contributed by atoms with Gasteiger partial charge in [-0.15, -0.1) is 0 Å². The maximum Gasteiger partial charge on any atom is 0.317 e. The molecule has 0 atom stereocenters. The molecule has 0 amide bonds. The van der Waals surface area contributed by atoms with Crippen LogP contribution >= 0.6 is 11.5 Å². The van der Waals surface area contributed by atoms with Gasteiger partial charge in [0.15, 0.2) is 0 Å². The van der Waals surface area contributed by atoms with Crippen molar-refractivity contribution in [3.05, 3.63) is 5.82 Å². The van der Waals surface area contributed by atoms with Gasteiger partial charge < -0.3 is 10.4 Å². The maximum absolute atomic E-state index is 10.8. The molecule has 118 valence electrons. The Hall–Kier alpha value is -1.21. The summed E-state index contributed by atoms with van der Waals surface area (Å²) in [6.45, 7) is 7.23. The molecule has 7 heteroatoms. The van der Waals surface area contributed by atoms with Gasteiger partial charge in [-0.1, -0.05) is 20.8 Å². The van der Waals surface area contributed by atoms with Gasteiger partial charge in [-0.25, -0.2) is 4.98 Å². The molecule has 1 aliphatic rings. The molecule has 2 rings (SSSR count). The van der Waals surface area contributed by atoms with Crippen molar-refractivity contribution in [1.29, 1.82) is 0 Å². The normalized spacial score (nSPS) is 21.6. The van der Waals surface area contributed by atoms with E-state index in [2.05, 4.69) is 28.5 Å². The number of aromatic nitrogens is 2. The number of carboxylic acid groups (broad SMARTS) is 1. The van der Waals surface area contributed by atoms with E-state index < -0.39 is 5.97 Å². The van der Waals surface area contributed by atoms with Gasteiger partial charge in [0.25, 0.3) is 0 Å². The Kier molecular flexibility index (Phi) is 5.52. The van der Waals surface area contributed by atoms with E-state index in [1.165, 1.54) is 11.5 Å². The van der Waals surface area contributed by atoms with E-state index in [0.717, 1.165) is 36.8 Å². The van der Waals surface area contributed by atoms with Crippen LogP contribution in [0.5, 0.6) is 0 Å². The zero-order chi connectivity index (χ0) is 15.4. The van der Waals surface area contributed by atoms with Crippen LogP contribution < -0.4 is 5.32 Å². The third-order valence-corrected chi connectivity index (χ3v) is 4.44. The van der Waals surface area contributed by atoms with E-state index in [1.54, 1.807) is 0 Å². The van der Waals surface area contributed by atoms with Gasteiger partial charge in [0.05, 0.1) is 6.54 Å². The minimum atomic E-state index is -0.754. The molecule has 1 aliphatic carbocycles. The zero-order valence-electron chi connectivity index (χ0n) is 12.9. The predicted octanol–water partition coefficient (Wildman–Crippen LogP) is 2.09.